The van der Waals surface area contributed by atoms with Crippen LogP contribution in [0.25, 0.3) is 0 Å². The summed E-state index contributed by atoms with van der Waals surface area (Å²) in [4.78, 5) is 22.1. The predicted molar refractivity (Wildman–Crippen MR) is 104 cm³/mol. The Bertz CT molecular complexity index is 513. The largest absolute Gasteiger partial charge is 0.484 e. The molecule has 5 heteroatoms. The second-order valence-electron chi connectivity index (χ2n) is 6.61. The average Bonchev–Trinajstić information content (AvgIpc) is 2.64. The van der Waals surface area contributed by atoms with E-state index in [1.165, 1.54) is 12.0 Å². The molecular formula is C21H33NO4. The van der Waals surface area contributed by atoms with E-state index < -0.39 is 5.97 Å². The summed E-state index contributed by atoms with van der Waals surface area (Å²) in [5.41, 5.74) is 1.25. The van der Waals surface area contributed by atoms with E-state index >= 15 is 0 Å². The van der Waals surface area contributed by atoms with Gasteiger partial charge in [0.1, 0.15) is 5.75 Å². The highest BCUT2D eigenvalue weighted by Crippen LogP contribution is 2.12. The number of aryl methyl sites for hydroxylation is 1. The zero-order valence-corrected chi connectivity index (χ0v) is 16.0. The minimum atomic E-state index is -0.702. The van der Waals surface area contributed by atoms with E-state index in [2.05, 4.69) is 12.2 Å². The first-order chi connectivity index (χ1) is 12.6. The lowest BCUT2D eigenvalue weighted by molar-refractivity contribution is -0.137. The van der Waals surface area contributed by atoms with Crippen molar-refractivity contribution in [1.29, 1.82) is 0 Å². The van der Waals surface area contributed by atoms with Gasteiger partial charge in [-0.25, -0.2) is 0 Å². The number of unbranched alkanes of at least 4 members (excludes halogenated alkanes) is 7. The highest BCUT2D eigenvalue weighted by Gasteiger charge is 2.02. The molecule has 1 aromatic rings. The zero-order chi connectivity index (χ0) is 19.0. The van der Waals surface area contributed by atoms with Gasteiger partial charge < -0.3 is 15.2 Å². The highest BCUT2D eigenvalue weighted by atomic mass is 16.5. The Morgan fingerprint density at radius 3 is 2.08 bits per heavy atom. The standard InChI is InChI=1S/C21H33NO4/c1-2-18-12-14-19(15-13-18)26-17-20(23)22-16-10-8-6-4-3-5-7-9-11-21(24)25/h12-15H,2-11,16-17H2,1H3,(H,22,23)(H,24,25). The molecule has 0 atom stereocenters. The van der Waals surface area contributed by atoms with E-state index in [0.29, 0.717) is 6.54 Å². The van der Waals surface area contributed by atoms with Crippen molar-refractivity contribution in [2.45, 2.75) is 71.1 Å². The molecule has 0 aliphatic carbocycles. The molecule has 0 radical (unpaired) electrons. The topological polar surface area (TPSA) is 75.6 Å². The minimum Gasteiger partial charge on any atom is -0.484 e. The maximum absolute atomic E-state index is 11.7. The van der Waals surface area contributed by atoms with Crippen molar-refractivity contribution >= 4 is 11.9 Å². The molecule has 1 amide bonds. The van der Waals surface area contributed by atoms with Gasteiger partial charge in [-0.3, -0.25) is 9.59 Å². The number of amides is 1. The summed E-state index contributed by atoms with van der Waals surface area (Å²) in [6.07, 6.45) is 9.77. The normalized spacial score (nSPS) is 10.5. The van der Waals surface area contributed by atoms with Gasteiger partial charge >= 0.3 is 5.97 Å². The molecule has 1 rings (SSSR count). The maximum Gasteiger partial charge on any atom is 0.303 e. The Morgan fingerprint density at radius 1 is 0.923 bits per heavy atom. The fourth-order valence-electron chi connectivity index (χ4n) is 2.71. The molecule has 0 fully saturated rings. The molecule has 0 unspecified atom stereocenters. The quantitative estimate of drug-likeness (QED) is 0.455. The van der Waals surface area contributed by atoms with Crippen LogP contribution < -0.4 is 10.1 Å². The number of carbonyl (C=O) groups excluding carboxylic acids is 1. The summed E-state index contributed by atoms with van der Waals surface area (Å²) in [7, 11) is 0. The molecular weight excluding hydrogens is 330 g/mol. The third-order valence-corrected chi connectivity index (χ3v) is 4.34. The average molecular weight is 363 g/mol. The van der Waals surface area contributed by atoms with Gasteiger partial charge in [0, 0.05) is 13.0 Å². The number of carbonyl (C=O) groups is 2. The van der Waals surface area contributed by atoms with Gasteiger partial charge in [-0.05, 0) is 37.0 Å². The smallest absolute Gasteiger partial charge is 0.303 e. The summed E-state index contributed by atoms with van der Waals surface area (Å²) in [5.74, 6) is -0.0597. The fourth-order valence-corrected chi connectivity index (χ4v) is 2.71. The van der Waals surface area contributed by atoms with E-state index in [1.807, 2.05) is 24.3 Å². The molecule has 0 spiro atoms. The summed E-state index contributed by atoms with van der Waals surface area (Å²) in [5, 5.41) is 11.4. The van der Waals surface area contributed by atoms with Crippen LogP contribution in [0.5, 0.6) is 5.75 Å². The molecule has 0 saturated heterocycles. The first kappa shape index (κ1) is 22.0. The Labute approximate surface area is 157 Å². The predicted octanol–water partition coefficient (Wildman–Crippen LogP) is 4.34. The van der Waals surface area contributed by atoms with Crippen molar-refractivity contribution in [3.63, 3.8) is 0 Å². The highest BCUT2D eigenvalue weighted by molar-refractivity contribution is 5.77. The number of hydrogen-bond donors (Lipinski definition) is 2. The molecule has 0 bridgehead atoms. The van der Waals surface area contributed by atoms with E-state index in [0.717, 1.165) is 57.1 Å². The molecule has 26 heavy (non-hydrogen) atoms. The zero-order valence-electron chi connectivity index (χ0n) is 16.0. The number of ether oxygens (including phenoxy) is 1. The van der Waals surface area contributed by atoms with Crippen molar-refractivity contribution in [3.05, 3.63) is 29.8 Å². The minimum absolute atomic E-state index is 0.0574. The van der Waals surface area contributed by atoms with Crippen LogP contribution in [0.3, 0.4) is 0 Å². The summed E-state index contributed by atoms with van der Waals surface area (Å²) >= 11 is 0. The van der Waals surface area contributed by atoms with Crippen LogP contribution in [0.4, 0.5) is 0 Å². The van der Waals surface area contributed by atoms with E-state index in [1.54, 1.807) is 0 Å². The number of nitrogens with one attached hydrogen (secondary N) is 1. The van der Waals surface area contributed by atoms with Crippen LogP contribution in [-0.2, 0) is 16.0 Å². The number of carboxylic acid groups (broad SMARTS) is 1. The second kappa shape index (κ2) is 14.2. The number of hydrogen-bond acceptors (Lipinski definition) is 3. The van der Waals surface area contributed by atoms with Crippen LogP contribution in [0, 0.1) is 0 Å². The monoisotopic (exact) mass is 363 g/mol. The van der Waals surface area contributed by atoms with Gasteiger partial charge in [0.15, 0.2) is 6.61 Å². The number of aliphatic carboxylic acids is 1. The molecule has 0 aliphatic rings. The maximum atomic E-state index is 11.7. The van der Waals surface area contributed by atoms with Crippen LogP contribution >= 0.6 is 0 Å². The van der Waals surface area contributed by atoms with Gasteiger partial charge in [-0.2, -0.15) is 0 Å². The van der Waals surface area contributed by atoms with Gasteiger partial charge in [-0.15, -0.1) is 0 Å². The van der Waals surface area contributed by atoms with Gasteiger partial charge in [0.05, 0.1) is 0 Å². The van der Waals surface area contributed by atoms with Crippen molar-refractivity contribution in [2.24, 2.45) is 0 Å². The van der Waals surface area contributed by atoms with Gasteiger partial charge in [-0.1, -0.05) is 57.6 Å². The lowest BCUT2D eigenvalue weighted by Gasteiger charge is -2.08. The Hall–Kier alpha value is -2.04. The SMILES string of the molecule is CCc1ccc(OCC(=O)NCCCCCCCCCCC(=O)O)cc1. The third-order valence-electron chi connectivity index (χ3n) is 4.34. The lowest BCUT2D eigenvalue weighted by atomic mass is 10.1. The van der Waals surface area contributed by atoms with Crippen LogP contribution in [0.15, 0.2) is 24.3 Å². The van der Waals surface area contributed by atoms with Crippen LogP contribution in [-0.4, -0.2) is 30.1 Å². The number of carboxylic acids is 1. The number of rotatable bonds is 15. The fraction of sp³-hybridized carbons (Fsp3) is 0.619. The molecule has 0 saturated carbocycles. The van der Waals surface area contributed by atoms with Gasteiger partial charge in [0.25, 0.3) is 5.91 Å². The molecule has 0 aliphatic heterocycles. The molecule has 5 nitrogen and oxygen atoms in total. The third kappa shape index (κ3) is 11.5. The molecule has 1 aromatic carbocycles. The summed E-state index contributed by atoms with van der Waals surface area (Å²) < 4.78 is 5.48. The van der Waals surface area contributed by atoms with E-state index in [9.17, 15) is 9.59 Å². The molecule has 2 N–H and O–H groups in total. The lowest BCUT2D eigenvalue weighted by Crippen LogP contribution is -2.29. The Morgan fingerprint density at radius 2 is 1.50 bits per heavy atom. The Balaban J connectivity index is 1.91. The molecule has 0 heterocycles. The van der Waals surface area contributed by atoms with E-state index in [4.69, 9.17) is 9.84 Å². The molecule has 0 aromatic heterocycles. The van der Waals surface area contributed by atoms with Gasteiger partial charge in [0.2, 0.25) is 0 Å². The first-order valence-corrected chi connectivity index (χ1v) is 9.82. The van der Waals surface area contributed by atoms with Crippen molar-refractivity contribution < 1.29 is 19.4 Å². The Kier molecular flexibility index (Phi) is 12.0. The number of benzene rings is 1. The first-order valence-electron chi connectivity index (χ1n) is 9.82. The van der Waals surface area contributed by atoms with E-state index in [-0.39, 0.29) is 18.9 Å². The molecule has 146 valence electrons. The summed E-state index contributed by atoms with van der Waals surface area (Å²) in [6, 6.07) is 7.82. The van der Waals surface area contributed by atoms with Crippen LogP contribution in [0.2, 0.25) is 0 Å². The summed E-state index contributed by atoms with van der Waals surface area (Å²) in [6.45, 7) is 2.85. The van der Waals surface area contributed by atoms with Crippen molar-refractivity contribution in [2.75, 3.05) is 13.2 Å². The second-order valence-corrected chi connectivity index (χ2v) is 6.61. The van der Waals surface area contributed by atoms with Crippen molar-refractivity contribution in [1.82, 2.24) is 5.32 Å². The van der Waals surface area contributed by atoms with Crippen LogP contribution in [0.1, 0.15) is 70.3 Å². The van der Waals surface area contributed by atoms with Crippen molar-refractivity contribution in [3.8, 4) is 5.75 Å².